The molecule has 0 aliphatic heterocycles. The monoisotopic (exact) mass is 746 g/mol. The van der Waals surface area contributed by atoms with Crippen LogP contribution in [0.1, 0.15) is 90.9 Å². The highest BCUT2D eigenvalue weighted by atomic mass is 19.4. The topological polar surface area (TPSA) is 119 Å². The van der Waals surface area contributed by atoms with Crippen LogP contribution in [0.5, 0.6) is 0 Å². The molecule has 0 radical (unpaired) electrons. The molecule has 1 amide bonds. The minimum Gasteiger partial charge on any atom is -0.481 e. The molecule has 1 unspecified atom stereocenters. The second-order valence-electron chi connectivity index (χ2n) is 13.1. The van der Waals surface area contributed by atoms with Crippen LogP contribution < -0.4 is 11.3 Å². The van der Waals surface area contributed by atoms with Crippen LogP contribution in [0.25, 0.3) is 11.1 Å². The molecule has 52 heavy (non-hydrogen) atoms. The maximum Gasteiger partial charge on any atom is 0.421 e. The fourth-order valence-electron chi connectivity index (χ4n) is 6.13. The predicted octanol–water partition coefficient (Wildman–Crippen LogP) is 7.66. The van der Waals surface area contributed by atoms with Gasteiger partial charge in [0.1, 0.15) is 23.2 Å². The highest BCUT2D eigenvalue weighted by molar-refractivity contribution is 5.78. The minimum absolute atomic E-state index is 0.00117. The number of carboxylic acids is 1. The Kier molecular flexibility index (Phi) is 14.5. The molecule has 0 fully saturated rings. The van der Waals surface area contributed by atoms with Gasteiger partial charge < -0.3 is 15.7 Å². The number of unbranched alkanes of at least 4 members (excludes halogenated alkanes) is 4. The summed E-state index contributed by atoms with van der Waals surface area (Å²) < 4.78 is 112. The summed E-state index contributed by atoms with van der Waals surface area (Å²) >= 11 is 0. The first-order chi connectivity index (χ1) is 24.2. The molecule has 0 bridgehead atoms. The van der Waals surface area contributed by atoms with Crippen LogP contribution in [0.2, 0.25) is 0 Å². The number of amides is 1. The van der Waals surface area contributed by atoms with Crippen LogP contribution in [0.15, 0.2) is 35.1 Å². The molecule has 1 atom stereocenters. The van der Waals surface area contributed by atoms with E-state index in [1.165, 1.54) is 13.0 Å². The zero-order valence-electron chi connectivity index (χ0n) is 29.1. The molecular weight excluding hydrogens is 704 g/mol. The van der Waals surface area contributed by atoms with E-state index in [1.54, 1.807) is 14.1 Å². The van der Waals surface area contributed by atoms with Gasteiger partial charge in [-0.05, 0) is 124 Å². The number of halogens is 8. The van der Waals surface area contributed by atoms with Gasteiger partial charge in [0, 0.05) is 6.42 Å². The van der Waals surface area contributed by atoms with Crippen molar-refractivity contribution < 1.29 is 49.8 Å². The summed E-state index contributed by atoms with van der Waals surface area (Å²) in [5.41, 5.74) is 1.53. The smallest absolute Gasteiger partial charge is 0.421 e. The Morgan fingerprint density at radius 3 is 2.08 bits per heavy atom. The van der Waals surface area contributed by atoms with E-state index in [2.05, 4.69) is 5.10 Å². The Labute approximate surface area is 295 Å². The molecule has 3 rings (SSSR count). The summed E-state index contributed by atoms with van der Waals surface area (Å²) in [5, 5.41) is 13.1. The second-order valence-corrected chi connectivity index (χ2v) is 13.1. The number of benzene rings is 2. The number of aliphatic carboxylic acids is 1. The van der Waals surface area contributed by atoms with Crippen LogP contribution >= 0.6 is 0 Å². The van der Waals surface area contributed by atoms with Gasteiger partial charge in [0.2, 0.25) is 5.91 Å². The van der Waals surface area contributed by atoms with Gasteiger partial charge >= 0.3 is 18.3 Å². The molecule has 1 heterocycles. The average molecular weight is 747 g/mol. The zero-order valence-corrected chi connectivity index (χ0v) is 29.1. The highest BCUT2D eigenvalue weighted by Gasteiger charge is 2.37. The van der Waals surface area contributed by atoms with Crippen LogP contribution in [0, 0.1) is 18.6 Å². The Balaban J connectivity index is 1.73. The first-order valence-electron chi connectivity index (χ1n) is 16.8. The van der Waals surface area contributed by atoms with Gasteiger partial charge in [-0.25, -0.2) is 13.5 Å². The van der Waals surface area contributed by atoms with Crippen LogP contribution in [-0.4, -0.2) is 52.3 Å². The Morgan fingerprint density at radius 1 is 0.846 bits per heavy atom. The van der Waals surface area contributed by atoms with Crippen molar-refractivity contribution in [2.45, 2.75) is 95.9 Å². The van der Waals surface area contributed by atoms with Crippen molar-refractivity contribution in [3.05, 3.63) is 85.8 Å². The van der Waals surface area contributed by atoms with E-state index in [1.807, 2.05) is 4.90 Å². The lowest BCUT2D eigenvalue weighted by atomic mass is 9.89. The fourth-order valence-corrected chi connectivity index (χ4v) is 6.13. The van der Waals surface area contributed by atoms with Crippen molar-refractivity contribution in [1.29, 1.82) is 0 Å². The maximum atomic E-state index is 14.8. The average Bonchev–Trinajstić information content (AvgIpc) is 3.01. The number of nitrogens with zero attached hydrogens (tertiary/aromatic N) is 3. The molecule has 2 aromatic carbocycles. The van der Waals surface area contributed by atoms with E-state index < -0.39 is 77.0 Å². The number of carbonyl (C=O) groups excluding carboxylic acids is 1. The number of nitrogens with two attached hydrogens (primary N) is 1. The molecule has 0 saturated carbocycles. The van der Waals surface area contributed by atoms with Gasteiger partial charge in [-0.2, -0.15) is 31.4 Å². The lowest BCUT2D eigenvalue weighted by molar-refractivity contribution is -0.140. The van der Waals surface area contributed by atoms with Crippen molar-refractivity contribution in [1.82, 2.24) is 14.7 Å². The lowest BCUT2D eigenvalue weighted by Gasteiger charge is -2.19. The van der Waals surface area contributed by atoms with E-state index >= 15 is 0 Å². The van der Waals surface area contributed by atoms with E-state index in [-0.39, 0.29) is 36.1 Å². The molecule has 0 aliphatic rings. The molecule has 3 aromatic rings. The predicted molar refractivity (Wildman–Crippen MR) is 178 cm³/mol. The quantitative estimate of drug-likeness (QED) is 0.102. The zero-order chi connectivity index (χ0) is 39.0. The van der Waals surface area contributed by atoms with Gasteiger partial charge in [0.05, 0.1) is 11.3 Å². The number of carboxylic acid groups (broad SMARTS) is 1. The third kappa shape index (κ3) is 11.6. The first kappa shape index (κ1) is 42.1. The maximum absolute atomic E-state index is 14.8. The molecule has 0 saturated heterocycles. The van der Waals surface area contributed by atoms with E-state index in [0.29, 0.717) is 73.0 Å². The molecule has 8 nitrogen and oxygen atoms in total. The molecule has 286 valence electrons. The number of hydrogen-bond donors (Lipinski definition) is 2. The summed E-state index contributed by atoms with van der Waals surface area (Å²) in [6, 6.07) is 3.39. The molecule has 3 N–H and O–H groups in total. The summed E-state index contributed by atoms with van der Waals surface area (Å²) in [6.07, 6.45) is -8.06. The van der Waals surface area contributed by atoms with E-state index in [9.17, 15) is 49.5 Å². The van der Waals surface area contributed by atoms with Gasteiger partial charge in [0.15, 0.2) is 0 Å². The molecular formula is C36H42F8N4O4. The second kappa shape index (κ2) is 17.9. The standard InChI is InChI=1S/C36H42F8N4O4/c1-21-16-25(37)18-22(31(21)24-17-23(13-14-30(49)50)32(38)27(19-24)35(39,40)41)10-7-5-4-6-8-12-29(33(45)51)48-34(52)28(36(42,43)44)20-26(46-48)11-9-15-47(2)3/h16-20,29H,4-15H2,1-3H3,(H2,45,51)(H,49,50). The first-order valence-corrected chi connectivity index (χ1v) is 16.8. The van der Waals surface area contributed by atoms with E-state index in [4.69, 9.17) is 10.8 Å². The van der Waals surface area contributed by atoms with Crippen molar-refractivity contribution >= 4 is 11.9 Å². The fraction of sp³-hybridized carbons (Fsp3) is 0.500. The normalized spacial score (nSPS) is 12.8. The van der Waals surface area contributed by atoms with Crippen molar-refractivity contribution in [3.63, 3.8) is 0 Å². The van der Waals surface area contributed by atoms with Crippen molar-refractivity contribution in [2.75, 3.05) is 20.6 Å². The number of hydrogen-bond acceptors (Lipinski definition) is 5. The van der Waals surface area contributed by atoms with Gasteiger partial charge in [0.25, 0.3) is 5.56 Å². The molecule has 1 aromatic heterocycles. The highest BCUT2D eigenvalue weighted by Crippen LogP contribution is 2.39. The summed E-state index contributed by atoms with van der Waals surface area (Å²) in [6.45, 7) is 2.06. The third-order valence-corrected chi connectivity index (χ3v) is 8.61. The van der Waals surface area contributed by atoms with Crippen LogP contribution in [-0.2, 0) is 41.2 Å². The van der Waals surface area contributed by atoms with Crippen molar-refractivity contribution in [3.8, 4) is 11.1 Å². The molecule has 0 aliphatic carbocycles. The van der Waals surface area contributed by atoms with Crippen LogP contribution in [0.3, 0.4) is 0 Å². The van der Waals surface area contributed by atoms with Gasteiger partial charge in [-0.15, -0.1) is 0 Å². The minimum atomic E-state index is -5.07. The number of aryl methyl sites for hydroxylation is 4. The number of primary amides is 1. The number of aromatic nitrogens is 2. The number of alkyl halides is 6. The molecule has 0 spiro atoms. The Bertz CT molecular complexity index is 1790. The van der Waals surface area contributed by atoms with Crippen molar-refractivity contribution in [2.24, 2.45) is 5.73 Å². The summed E-state index contributed by atoms with van der Waals surface area (Å²) in [5.74, 6) is -4.52. The molecule has 16 heteroatoms. The Morgan fingerprint density at radius 2 is 1.48 bits per heavy atom. The third-order valence-electron chi connectivity index (χ3n) is 8.61. The van der Waals surface area contributed by atoms with Crippen LogP contribution in [0.4, 0.5) is 35.1 Å². The SMILES string of the molecule is Cc1cc(F)cc(CCCCCCCC(C(N)=O)n2nc(CCCN(C)C)cc(C(F)(F)F)c2=O)c1-c1cc(CCC(=O)O)c(F)c(C(F)(F)F)c1. The lowest BCUT2D eigenvalue weighted by Crippen LogP contribution is -2.39. The number of rotatable bonds is 18. The van der Waals surface area contributed by atoms with Gasteiger partial charge in [-0.3, -0.25) is 14.4 Å². The largest absolute Gasteiger partial charge is 0.481 e. The number of carbonyl (C=O) groups is 2. The Hall–Kier alpha value is -4.34. The summed E-state index contributed by atoms with van der Waals surface area (Å²) in [4.78, 5) is 38.0. The van der Waals surface area contributed by atoms with Gasteiger partial charge in [-0.1, -0.05) is 25.7 Å². The van der Waals surface area contributed by atoms with E-state index in [0.717, 1.165) is 12.1 Å². The summed E-state index contributed by atoms with van der Waals surface area (Å²) in [7, 11) is 3.59.